The van der Waals surface area contributed by atoms with Crippen molar-refractivity contribution in [3.8, 4) is 0 Å². The summed E-state index contributed by atoms with van der Waals surface area (Å²) in [5, 5.41) is 17.3. The van der Waals surface area contributed by atoms with E-state index in [1.165, 1.54) is 4.80 Å². The van der Waals surface area contributed by atoms with Gasteiger partial charge in [0.15, 0.2) is 5.11 Å². The highest BCUT2D eigenvalue weighted by molar-refractivity contribution is 14.1. The van der Waals surface area contributed by atoms with Crippen molar-refractivity contribution < 1.29 is 4.79 Å². The molecule has 0 radical (unpaired) electrons. The van der Waals surface area contributed by atoms with E-state index in [9.17, 15) is 4.79 Å². The quantitative estimate of drug-likeness (QED) is 0.571. The lowest BCUT2D eigenvalue weighted by atomic mass is 10.2. The van der Waals surface area contributed by atoms with Crippen LogP contribution in [-0.2, 0) is 6.54 Å². The third-order valence-electron chi connectivity index (χ3n) is 2.52. The Labute approximate surface area is 147 Å². The van der Waals surface area contributed by atoms with E-state index in [-0.39, 0.29) is 17.0 Å². The number of halogens is 1. The molecule has 1 heterocycles. The maximum absolute atomic E-state index is 12.0. The first kappa shape index (κ1) is 16.7. The number of carbonyl (C=O) groups excluding carboxylic acids is 1. The summed E-state index contributed by atoms with van der Waals surface area (Å²) in [5.41, 5.74) is 0.535. The van der Waals surface area contributed by atoms with Crippen LogP contribution < -0.4 is 10.6 Å². The molecule has 0 fully saturated rings. The number of thiocarbonyl (C=S) groups is 1. The minimum atomic E-state index is -0.286. The van der Waals surface area contributed by atoms with E-state index in [2.05, 4.69) is 62.5 Å². The second kappa shape index (κ2) is 7.58. The molecule has 22 heavy (non-hydrogen) atoms. The molecule has 0 bridgehead atoms. The number of aromatic nitrogens is 4. The van der Waals surface area contributed by atoms with Crippen LogP contribution in [0.15, 0.2) is 24.3 Å². The Balaban J connectivity index is 1.92. The van der Waals surface area contributed by atoms with Crippen LogP contribution in [0.5, 0.6) is 0 Å². The van der Waals surface area contributed by atoms with E-state index in [1.54, 1.807) is 12.1 Å². The molecular weight excluding hydrogens is 415 g/mol. The Morgan fingerprint density at radius 2 is 2.23 bits per heavy atom. The van der Waals surface area contributed by atoms with Gasteiger partial charge in [0, 0.05) is 9.13 Å². The molecule has 0 aliphatic heterocycles. The zero-order chi connectivity index (χ0) is 16.1. The average molecular weight is 430 g/mol. The molecule has 0 spiro atoms. The van der Waals surface area contributed by atoms with Crippen molar-refractivity contribution in [2.45, 2.75) is 20.4 Å². The summed E-state index contributed by atoms with van der Waals surface area (Å²) in [7, 11) is 0. The molecule has 1 aromatic heterocycles. The van der Waals surface area contributed by atoms with Gasteiger partial charge in [-0.25, -0.2) is 0 Å². The summed E-state index contributed by atoms with van der Waals surface area (Å²) < 4.78 is 0.974. The van der Waals surface area contributed by atoms with Gasteiger partial charge in [-0.15, -0.1) is 5.10 Å². The topological polar surface area (TPSA) is 84.7 Å². The Hall–Kier alpha value is -1.62. The molecule has 0 atom stereocenters. The predicted octanol–water partition coefficient (Wildman–Crippen LogP) is 2.06. The average Bonchev–Trinajstić information content (AvgIpc) is 2.84. The number of tetrazole rings is 1. The number of hydrogen-bond donors (Lipinski definition) is 2. The number of nitrogens with one attached hydrogen (secondary N) is 2. The van der Waals surface area contributed by atoms with Crippen LogP contribution in [0.2, 0.25) is 0 Å². The normalized spacial score (nSPS) is 10.5. The van der Waals surface area contributed by atoms with Gasteiger partial charge in [-0.2, -0.15) is 4.80 Å². The molecule has 0 aliphatic rings. The van der Waals surface area contributed by atoms with Crippen LogP contribution in [0.25, 0.3) is 0 Å². The van der Waals surface area contributed by atoms with Crippen molar-refractivity contribution in [1.29, 1.82) is 0 Å². The summed E-state index contributed by atoms with van der Waals surface area (Å²) in [4.78, 5) is 13.5. The molecule has 7 nitrogen and oxygen atoms in total. The summed E-state index contributed by atoms with van der Waals surface area (Å²) in [6.07, 6.45) is 0. The van der Waals surface area contributed by atoms with Gasteiger partial charge in [-0.05, 0) is 64.1 Å². The van der Waals surface area contributed by atoms with Gasteiger partial charge in [0.2, 0.25) is 0 Å². The number of benzene rings is 1. The number of anilines is 1. The van der Waals surface area contributed by atoms with Crippen LogP contribution in [-0.4, -0.2) is 31.2 Å². The molecule has 0 saturated carbocycles. The zero-order valence-electron chi connectivity index (χ0n) is 12.1. The van der Waals surface area contributed by atoms with Gasteiger partial charge in [0.1, 0.15) is 0 Å². The van der Waals surface area contributed by atoms with Gasteiger partial charge in [-0.1, -0.05) is 25.0 Å². The van der Waals surface area contributed by atoms with E-state index >= 15 is 0 Å². The molecule has 1 aromatic carbocycles. The Morgan fingerprint density at radius 3 is 2.91 bits per heavy atom. The van der Waals surface area contributed by atoms with E-state index < -0.39 is 0 Å². The Morgan fingerprint density at radius 1 is 1.45 bits per heavy atom. The second-order valence-corrected chi connectivity index (χ2v) is 6.63. The first-order valence-corrected chi connectivity index (χ1v) is 8.08. The standard InChI is InChI=1S/C13H15IN6OS/c1-8(2)7-20-18-12(17-19-20)16-13(22)15-11(21)9-4-3-5-10(14)6-9/h3-6,8H,7H2,1-2H3,(H2,15,16,18,21,22). The van der Waals surface area contributed by atoms with Gasteiger partial charge >= 0.3 is 0 Å². The molecule has 0 unspecified atom stereocenters. The molecule has 0 saturated heterocycles. The largest absolute Gasteiger partial charge is 0.299 e. The lowest BCUT2D eigenvalue weighted by Gasteiger charge is -2.06. The minimum absolute atomic E-state index is 0.132. The van der Waals surface area contributed by atoms with E-state index in [0.717, 1.165) is 3.57 Å². The van der Waals surface area contributed by atoms with Gasteiger partial charge in [-0.3, -0.25) is 15.4 Å². The van der Waals surface area contributed by atoms with Crippen molar-refractivity contribution in [1.82, 2.24) is 25.5 Å². The third-order valence-corrected chi connectivity index (χ3v) is 3.40. The highest BCUT2D eigenvalue weighted by Gasteiger charge is 2.10. The third kappa shape index (κ3) is 4.98. The van der Waals surface area contributed by atoms with Crippen LogP contribution in [0, 0.1) is 9.49 Å². The minimum Gasteiger partial charge on any atom is -0.299 e. The van der Waals surface area contributed by atoms with Crippen molar-refractivity contribution in [3.05, 3.63) is 33.4 Å². The van der Waals surface area contributed by atoms with Crippen LogP contribution in [0.1, 0.15) is 24.2 Å². The maximum Gasteiger partial charge on any atom is 0.269 e. The highest BCUT2D eigenvalue weighted by Crippen LogP contribution is 2.07. The fourth-order valence-electron chi connectivity index (χ4n) is 1.64. The number of carbonyl (C=O) groups is 1. The van der Waals surface area contributed by atoms with Crippen LogP contribution >= 0.6 is 34.8 Å². The monoisotopic (exact) mass is 430 g/mol. The number of rotatable bonds is 4. The summed E-state index contributed by atoms with van der Waals surface area (Å²) in [5.74, 6) is 0.383. The molecule has 1 amide bonds. The fraction of sp³-hybridized carbons (Fsp3) is 0.308. The molecular formula is C13H15IN6OS. The molecule has 2 aromatic rings. The van der Waals surface area contributed by atoms with Crippen LogP contribution in [0.4, 0.5) is 5.95 Å². The molecule has 116 valence electrons. The van der Waals surface area contributed by atoms with Gasteiger partial charge < -0.3 is 0 Å². The number of nitrogens with zero attached hydrogens (tertiary/aromatic N) is 4. The zero-order valence-corrected chi connectivity index (χ0v) is 15.1. The number of amides is 1. The molecule has 2 rings (SSSR count). The van der Waals surface area contributed by atoms with E-state index in [1.807, 2.05) is 12.1 Å². The van der Waals surface area contributed by atoms with Crippen molar-refractivity contribution in [3.63, 3.8) is 0 Å². The lowest BCUT2D eigenvalue weighted by Crippen LogP contribution is -2.34. The van der Waals surface area contributed by atoms with Gasteiger partial charge in [0.25, 0.3) is 11.9 Å². The maximum atomic E-state index is 12.0. The fourth-order valence-corrected chi connectivity index (χ4v) is 2.36. The van der Waals surface area contributed by atoms with Crippen LogP contribution in [0.3, 0.4) is 0 Å². The molecule has 0 aliphatic carbocycles. The Kier molecular flexibility index (Phi) is 5.77. The first-order valence-electron chi connectivity index (χ1n) is 6.59. The molecule has 9 heteroatoms. The lowest BCUT2D eigenvalue weighted by molar-refractivity contribution is 0.0977. The van der Waals surface area contributed by atoms with E-state index in [4.69, 9.17) is 12.2 Å². The number of hydrogen-bond acceptors (Lipinski definition) is 5. The summed E-state index contributed by atoms with van der Waals surface area (Å²) in [6, 6.07) is 7.21. The second-order valence-electron chi connectivity index (χ2n) is 4.98. The summed E-state index contributed by atoms with van der Waals surface area (Å²) in [6.45, 7) is 4.78. The van der Waals surface area contributed by atoms with Crippen molar-refractivity contribution >= 4 is 51.8 Å². The smallest absolute Gasteiger partial charge is 0.269 e. The summed E-state index contributed by atoms with van der Waals surface area (Å²) >= 11 is 7.22. The predicted molar refractivity (Wildman–Crippen MR) is 95.5 cm³/mol. The SMILES string of the molecule is CC(C)Cn1nnc(NC(=S)NC(=O)c2cccc(I)c2)n1. The Bertz CT molecular complexity index is 687. The first-order chi connectivity index (χ1) is 10.4. The van der Waals surface area contributed by atoms with Gasteiger partial charge in [0.05, 0.1) is 6.54 Å². The van der Waals surface area contributed by atoms with E-state index in [0.29, 0.717) is 18.0 Å². The van der Waals surface area contributed by atoms with Crippen molar-refractivity contribution in [2.75, 3.05) is 5.32 Å². The van der Waals surface area contributed by atoms with Crippen molar-refractivity contribution in [2.24, 2.45) is 5.92 Å². The highest BCUT2D eigenvalue weighted by atomic mass is 127. The molecule has 2 N–H and O–H groups in total.